The smallest absolute Gasteiger partial charge is 0.349 e. The summed E-state index contributed by atoms with van der Waals surface area (Å²) in [7, 11) is 0. The quantitative estimate of drug-likeness (QED) is 0.436. The Kier molecular flexibility index (Phi) is 5.60. The van der Waals surface area contributed by atoms with Crippen LogP contribution < -0.4 is 9.47 Å². The lowest BCUT2D eigenvalue weighted by Crippen LogP contribution is -2.18. The highest BCUT2D eigenvalue weighted by atomic mass is 16.6. The minimum Gasteiger partial charge on any atom is -0.482 e. The van der Waals surface area contributed by atoms with E-state index in [4.69, 9.17) is 9.47 Å². The normalized spacial score (nSPS) is 11.1. The summed E-state index contributed by atoms with van der Waals surface area (Å²) in [6.07, 6.45) is 0. The molecule has 0 saturated heterocycles. The van der Waals surface area contributed by atoms with Crippen molar-refractivity contribution in [1.82, 2.24) is 0 Å². The Balaban J connectivity index is 1.53. The summed E-state index contributed by atoms with van der Waals surface area (Å²) in [5.41, 5.74) is 3.50. The first-order valence-electron chi connectivity index (χ1n) is 9.01. The van der Waals surface area contributed by atoms with Gasteiger partial charge in [-0.05, 0) is 46.4 Å². The summed E-state index contributed by atoms with van der Waals surface area (Å²) in [6, 6.07) is 25.3. The number of carbonyl (C=O) groups is 1. The van der Waals surface area contributed by atoms with Crippen molar-refractivity contribution in [3.05, 3.63) is 84.4 Å². The molecule has 0 aliphatic rings. The minimum absolute atomic E-state index is 0.0670. The molecular formula is C24H24O3. The van der Waals surface area contributed by atoms with Gasteiger partial charge in [0.15, 0.2) is 6.61 Å². The van der Waals surface area contributed by atoms with Crippen molar-refractivity contribution in [2.75, 3.05) is 6.61 Å². The van der Waals surface area contributed by atoms with E-state index in [2.05, 4.69) is 32.9 Å². The fourth-order valence-corrected chi connectivity index (χ4v) is 2.70. The van der Waals surface area contributed by atoms with E-state index in [9.17, 15) is 4.79 Å². The van der Waals surface area contributed by atoms with Crippen LogP contribution in [0.2, 0.25) is 0 Å². The zero-order valence-electron chi connectivity index (χ0n) is 15.9. The van der Waals surface area contributed by atoms with E-state index in [0.29, 0.717) is 11.5 Å². The van der Waals surface area contributed by atoms with Crippen molar-refractivity contribution in [3.8, 4) is 22.6 Å². The molecule has 3 aromatic carbocycles. The first-order valence-corrected chi connectivity index (χ1v) is 9.01. The number of benzene rings is 3. The molecule has 3 rings (SSSR count). The van der Waals surface area contributed by atoms with Crippen LogP contribution in [0.25, 0.3) is 11.1 Å². The molecule has 0 aliphatic heterocycles. The molecule has 3 nitrogen and oxygen atoms in total. The molecule has 3 heteroatoms. The van der Waals surface area contributed by atoms with Crippen molar-refractivity contribution in [2.24, 2.45) is 0 Å². The molecule has 0 aliphatic carbocycles. The van der Waals surface area contributed by atoms with Gasteiger partial charge < -0.3 is 9.47 Å². The highest BCUT2D eigenvalue weighted by molar-refractivity contribution is 5.74. The van der Waals surface area contributed by atoms with Crippen molar-refractivity contribution in [2.45, 2.75) is 26.2 Å². The maximum absolute atomic E-state index is 12.0. The van der Waals surface area contributed by atoms with Gasteiger partial charge in [0.2, 0.25) is 0 Å². The number of carbonyl (C=O) groups excluding carboxylic acids is 1. The zero-order chi connectivity index (χ0) is 19.3. The van der Waals surface area contributed by atoms with Crippen LogP contribution in [0.15, 0.2) is 78.9 Å². The van der Waals surface area contributed by atoms with Crippen molar-refractivity contribution in [1.29, 1.82) is 0 Å². The molecular weight excluding hydrogens is 336 g/mol. The van der Waals surface area contributed by atoms with Crippen LogP contribution in [0, 0.1) is 0 Å². The molecule has 27 heavy (non-hydrogen) atoms. The Morgan fingerprint density at radius 3 is 1.89 bits per heavy atom. The third-order valence-electron chi connectivity index (χ3n) is 4.27. The Hall–Kier alpha value is -3.07. The van der Waals surface area contributed by atoms with Gasteiger partial charge in [0.1, 0.15) is 11.5 Å². The molecule has 0 aromatic heterocycles. The molecule has 0 N–H and O–H groups in total. The lowest BCUT2D eigenvalue weighted by molar-refractivity contribution is -0.136. The summed E-state index contributed by atoms with van der Waals surface area (Å²) in [5, 5.41) is 0. The van der Waals surface area contributed by atoms with Crippen LogP contribution in [-0.2, 0) is 10.2 Å². The number of ether oxygens (including phenoxy) is 2. The van der Waals surface area contributed by atoms with E-state index >= 15 is 0 Å². The summed E-state index contributed by atoms with van der Waals surface area (Å²) >= 11 is 0. The molecule has 0 fully saturated rings. The molecule has 0 saturated carbocycles. The summed E-state index contributed by atoms with van der Waals surface area (Å²) in [6.45, 7) is 6.30. The topological polar surface area (TPSA) is 35.5 Å². The van der Waals surface area contributed by atoms with E-state index in [1.165, 1.54) is 5.56 Å². The number of hydrogen-bond donors (Lipinski definition) is 0. The molecule has 138 valence electrons. The van der Waals surface area contributed by atoms with E-state index in [0.717, 1.165) is 11.1 Å². The Morgan fingerprint density at radius 2 is 1.30 bits per heavy atom. The Morgan fingerprint density at radius 1 is 0.741 bits per heavy atom. The largest absolute Gasteiger partial charge is 0.482 e. The maximum atomic E-state index is 12.0. The van der Waals surface area contributed by atoms with E-state index in [1.54, 1.807) is 0 Å². The predicted molar refractivity (Wildman–Crippen MR) is 108 cm³/mol. The highest BCUT2D eigenvalue weighted by Gasteiger charge is 2.14. The van der Waals surface area contributed by atoms with E-state index in [1.807, 2.05) is 66.7 Å². The number of rotatable bonds is 5. The van der Waals surface area contributed by atoms with Gasteiger partial charge in [-0.3, -0.25) is 0 Å². The van der Waals surface area contributed by atoms with Gasteiger partial charge in [-0.1, -0.05) is 75.4 Å². The predicted octanol–water partition coefficient (Wildman–Crippen LogP) is 5.64. The van der Waals surface area contributed by atoms with Crippen LogP contribution >= 0.6 is 0 Å². The lowest BCUT2D eigenvalue weighted by Gasteiger charge is -2.19. The second kappa shape index (κ2) is 8.09. The van der Waals surface area contributed by atoms with E-state index in [-0.39, 0.29) is 12.0 Å². The van der Waals surface area contributed by atoms with Crippen molar-refractivity contribution < 1.29 is 14.3 Å². The summed E-state index contributed by atoms with van der Waals surface area (Å²) in [5.74, 6) is 0.733. The lowest BCUT2D eigenvalue weighted by atomic mass is 9.87. The van der Waals surface area contributed by atoms with Crippen LogP contribution in [0.1, 0.15) is 26.3 Å². The van der Waals surface area contributed by atoms with Crippen LogP contribution in [0.4, 0.5) is 0 Å². The Labute approximate surface area is 160 Å². The standard InChI is InChI=1S/C24H24O3/c1-24(2,3)20-11-15-22(16-12-20)27-23(25)17-26-21-13-9-19(10-14-21)18-7-5-4-6-8-18/h4-16H,17H2,1-3H3. The third kappa shape index (κ3) is 5.20. The second-order valence-electron chi connectivity index (χ2n) is 7.43. The minimum atomic E-state index is -0.425. The van der Waals surface area contributed by atoms with Crippen molar-refractivity contribution >= 4 is 5.97 Å². The zero-order valence-corrected chi connectivity index (χ0v) is 15.9. The van der Waals surface area contributed by atoms with Crippen LogP contribution in [-0.4, -0.2) is 12.6 Å². The van der Waals surface area contributed by atoms with Crippen LogP contribution in [0.3, 0.4) is 0 Å². The van der Waals surface area contributed by atoms with Crippen LogP contribution in [0.5, 0.6) is 11.5 Å². The molecule has 0 heterocycles. The third-order valence-corrected chi connectivity index (χ3v) is 4.27. The molecule has 0 bridgehead atoms. The van der Waals surface area contributed by atoms with Gasteiger partial charge in [0.25, 0.3) is 0 Å². The van der Waals surface area contributed by atoms with Gasteiger partial charge in [-0.25, -0.2) is 4.79 Å². The number of hydrogen-bond acceptors (Lipinski definition) is 3. The average Bonchev–Trinajstić information content (AvgIpc) is 2.67. The fraction of sp³-hybridized carbons (Fsp3) is 0.208. The summed E-state index contributed by atoms with van der Waals surface area (Å²) in [4.78, 5) is 12.0. The molecule has 0 unspecified atom stereocenters. The monoisotopic (exact) mass is 360 g/mol. The molecule has 0 amide bonds. The maximum Gasteiger partial charge on any atom is 0.349 e. The SMILES string of the molecule is CC(C)(C)c1ccc(OC(=O)COc2ccc(-c3ccccc3)cc2)cc1. The average molecular weight is 360 g/mol. The summed E-state index contributed by atoms with van der Waals surface area (Å²) < 4.78 is 10.9. The van der Waals surface area contributed by atoms with Gasteiger partial charge in [-0.15, -0.1) is 0 Å². The van der Waals surface area contributed by atoms with Gasteiger partial charge in [0.05, 0.1) is 0 Å². The second-order valence-corrected chi connectivity index (χ2v) is 7.43. The molecule has 3 aromatic rings. The number of esters is 1. The molecule has 0 atom stereocenters. The van der Waals surface area contributed by atoms with Gasteiger partial charge in [0, 0.05) is 0 Å². The van der Waals surface area contributed by atoms with E-state index < -0.39 is 5.97 Å². The first kappa shape index (κ1) is 18.7. The van der Waals surface area contributed by atoms with Crippen molar-refractivity contribution in [3.63, 3.8) is 0 Å². The fourth-order valence-electron chi connectivity index (χ4n) is 2.70. The van der Waals surface area contributed by atoms with Gasteiger partial charge >= 0.3 is 5.97 Å². The highest BCUT2D eigenvalue weighted by Crippen LogP contribution is 2.25. The molecule has 0 spiro atoms. The Bertz CT molecular complexity index is 874. The first-order chi connectivity index (χ1) is 12.9. The molecule has 0 radical (unpaired) electrons. The van der Waals surface area contributed by atoms with Gasteiger partial charge in [-0.2, -0.15) is 0 Å².